The van der Waals surface area contributed by atoms with Gasteiger partial charge >= 0.3 is 6.09 Å². The number of carbonyl (C=O) groups is 2. The van der Waals surface area contributed by atoms with Crippen LogP contribution in [0.4, 0.5) is 10.5 Å². The summed E-state index contributed by atoms with van der Waals surface area (Å²) in [6.45, 7) is 9.87. The van der Waals surface area contributed by atoms with E-state index in [1.807, 2.05) is 37.3 Å². The third kappa shape index (κ3) is 8.34. The van der Waals surface area contributed by atoms with E-state index in [0.29, 0.717) is 24.5 Å². The van der Waals surface area contributed by atoms with Gasteiger partial charge in [0.15, 0.2) is 11.5 Å². The number of benzene rings is 2. The molecule has 0 bridgehead atoms. The second-order valence-corrected chi connectivity index (χ2v) is 9.72. The van der Waals surface area contributed by atoms with Crippen LogP contribution in [-0.2, 0) is 16.1 Å². The van der Waals surface area contributed by atoms with Crippen LogP contribution in [0.15, 0.2) is 66.6 Å². The quantitative estimate of drug-likeness (QED) is 0.217. The van der Waals surface area contributed by atoms with Crippen LogP contribution in [-0.4, -0.2) is 54.5 Å². The molecule has 9 heteroatoms. The van der Waals surface area contributed by atoms with Crippen LogP contribution in [0.3, 0.4) is 0 Å². The number of ether oxygens (including phenoxy) is 4. The predicted octanol–water partition coefficient (Wildman–Crippen LogP) is 6.04. The van der Waals surface area contributed by atoms with Gasteiger partial charge in [0.1, 0.15) is 6.61 Å². The van der Waals surface area contributed by atoms with Crippen molar-refractivity contribution < 1.29 is 33.6 Å². The zero-order valence-electron chi connectivity index (χ0n) is 23.8. The number of carbonyl (C=O) groups excluding carboxylic acids is 2. The van der Waals surface area contributed by atoms with Crippen LogP contribution in [0.1, 0.15) is 62.4 Å². The Morgan fingerprint density at radius 3 is 2.58 bits per heavy atom. The van der Waals surface area contributed by atoms with Crippen molar-refractivity contribution in [1.82, 2.24) is 4.90 Å². The number of aliphatic hydroxyl groups is 1. The zero-order valence-corrected chi connectivity index (χ0v) is 23.8. The summed E-state index contributed by atoms with van der Waals surface area (Å²) in [5.41, 5.74) is 2.17. The maximum atomic E-state index is 13.9. The molecule has 9 nitrogen and oxygen atoms in total. The standard InChI is InChI=1S/C31H40N2O7/c1-6-7-11-14-38-22(4)24-15-25(19-34)33(18-24)30(35)26-16-28(37-5)29(39-20-23-12-9-8-10-13-23)17-27(26)32-31(36)40-21(2)3/h8-10,12-13,16-18,22,25,34H,2,6-7,11,14-15,19-20H2,1,3-5H3,(H,32,36)/t22?,25-/m0/s1. The van der Waals surface area contributed by atoms with Crippen molar-refractivity contribution in [2.75, 3.05) is 25.6 Å². The molecule has 0 radical (unpaired) electrons. The third-order valence-corrected chi connectivity index (χ3v) is 6.53. The van der Waals surface area contributed by atoms with E-state index in [4.69, 9.17) is 18.9 Å². The van der Waals surface area contributed by atoms with Crippen molar-refractivity contribution in [1.29, 1.82) is 0 Å². The average Bonchev–Trinajstić information content (AvgIpc) is 3.38. The minimum absolute atomic E-state index is 0.148. The monoisotopic (exact) mass is 552 g/mol. The average molecular weight is 553 g/mol. The Kier molecular flexibility index (Phi) is 11.6. The normalized spacial score (nSPS) is 15.3. The van der Waals surface area contributed by atoms with E-state index in [9.17, 15) is 14.7 Å². The Bertz CT molecular complexity index is 1200. The molecule has 0 saturated heterocycles. The summed E-state index contributed by atoms with van der Waals surface area (Å²) in [4.78, 5) is 27.9. The Balaban J connectivity index is 1.92. The molecule has 2 N–H and O–H groups in total. The van der Waals surface area contributed by atoms with Crippen molar-refractivity contribution >= 4 is 17.7 Å². The number of allylic oxidation sites excluding steroid dienone is 1. The Morgan fingerprint density at radius 1 is 1.18 bits per heavy atom. The van der Waals surface area contributed by atoms with E-state index < -0.39 is 18.0 Å². The maximum Gasteiger partial charge on any atom is 0.416 e. The van der Waals surface area contributed by atoms with Crippen LogP contribution >= 0.6 is 0 Å². The van der Waals surface area contributed by atoms with Gasteiger partial charge in [0.25, 0.3) is 5.91 Å². The number of unbranched alkanes of at least 4 members (excludes halogenated alkanes) is 2. The molecule has 0 fully saturated rings. The topological polar surface area (TPSA) is 107 Å². The molecule has 1 aliphatic heterocycles. The number of anilines is 1. The molecule has 1 aliphatic rings. The fraction of sp³-hybridized carbons (Fsp3) is 0.419. The van der Waals surface area contributed by atoms with Gasteiger partial charge in [0.2, 0.25) is 0 Å². The van der Waals surface area contributed by atoms with Crippen LogP contribution in [0.5, 0.6) is 11.5 Å². The van der Waals surface area contributed by atoms with Crippen molar-refractivity contribution in [3.63, 3.8) is 0 Å². The first-order valence-corrected chi connectivity index (χ1v) is 13.6. The minimum Gasteiger partial charge on any atom is -0.493 e. The lowest BCUT2D eigenvalue weighted by molar-refractivity contribution is 0.0726. The first kappa shape index (κ1) is 30.7. The molecule has 0 saturated carbocycles. The number of hydrogen-bond acceptors (Lipinski definition) is 7. The van der Waals surface area contributed by atoms with Crippen molar-refractivity contribution in [3.05, 3.63) is 77.7 Å². The zero-order chi connectivity index (χ0) is 29.1. The summed E-state index contributed by atoms with van der Waals surface area (Å²) in [5.74, 6) is 0.416. The Morgan fingerprint density at radius 2 is 1.93 bits per heavy atom. The molecule has 2 amide bonds. The molecule has 0 spiro atoms. The molecular formula is C31H40N2O7. The number of aliphatic hydroxyl groups excluding tert-OH is 1. The molecule has 0 aliphatic carbocycles. The van der Waals surface area contributed by atoms with Gasteiger partial charge in [0, 0.05) is 18.9 Å². The highest BCUT2D eigenvalue weighted by molar-refractivity contribution is 6.04. The second kappa shape index (κ2) is 15.1. The van der Waals surface area contributed by atoms with E-state index in [2.05, 4.69) is 18.8 Å². The fourth-order valence-electron chi connectivity index (χ4n) is 4.36. The highest BCUT2D eigenvalue weighted by Crippen LogP contribution is 2.37. The van der Waals surface area contributed by atoms with Gasteiger partial charge in [-0.15, -0.1) is 0 Å². The highest BCUT2D eigenvalue weighted by Gasteiger charge is 2.33. The lowest BCUT2D eigenvalue weighted by Crippen LogP contribution is -2.36. The predicted molar refractivity (Wildman–Crippen MR) is 153 cm³/mol. The van der Waals surface area contributed by atoms with Crippen LogP contribution in [0, 0.1) is 0 Å². The van der Waals surface area contributed by atoms with Gasteiger partial charge in [-0.25, -0.2) is 4.79 Å². The minimum atomic E-state index is -0.800. The first-order chi connectivity index (χ1) is 19.3. The van der Waals surface area contributed by atoms with E-state index in [1.165, 1.54) is 24.1 Å². The van der Waals surface area contributed by atoms with Crippen molar-refractivity contribution in [2.45, 2.75) is 65.2 Å². The van der Waals surface area contributed by atoms with Gasteiger partial charge < -0.3 is 29.0 Å². The molecule has 1 unspecified atom stereocenters. The van der Waals surface area contributed by atoms with Crippen LogP contribution < -0.4 is 14.8 Å². The second-order valence-electron chi connectivity index (χ2n) is 9.72. The lowest BCUT2D eigenvalue weighted by Gasteiger charge is -2.24. The number of hydrogen-bond donors (Lipinski definition) is 2. The van der Waals surface area contributed by atoms with Crippen LogP contribution in [0.2, 0.25) is 0 Å². The number of rotatable bonds is 14. The summed E-state index contributed by atoms with van der Waals surface area (Å²) >= 11 is 0. The third-order valence-electron chi connectivity index (χ3n) is 6.53. The molecule has 2 aromatic carbocycles. The summed E-state index contributed by atoms with van der Waals surface area (Å²) in [5, 5.41) is 12.7. The molecule has 0 aromatic heterocycles. The maximum absolute atomic E-state index is 13.9. The van der Waals surface area contributed by atoms with Gasteiger partial charge in [-0.1, -0.05) is 56.7 Å². The molecule has 40 heavy (non-hydrogen) atoms. The van der Waals surface area contributed by atoms with E-state index in [-0.39, 0.29) is 36.3 Å². The van der Waals surface area contributed by atoms with Gasteiger partial charge in [0.05, 0.1) is 42.9 Å². The smallest absolute Gasteiger partial charge is 0.416 e. The first-order valence-electron chi connectivity index (χ1n) is 13.6. The van der Waals surface area contributed by atoms with Crippen LogP contribution in [0.25, 0.3) is 0 Å². The number of amides is 2. The largest absolute Gasteiger partial charge is 0.493 e. The number of nitrogens with zero attached hydrogens (tertiary/aromatic N) is 1. The number of nitrogens with one attached hydrogen (secondary N) is 1. The highest BCUT2D eigenvalue weighted by atomic mass is 16.6. The van der Waals surface area contributed by atoms with Crippen molar-refractivity contribution in [3.8, 4) is 11.5 Å². The number of methoxy groups -OCH3 is 1. The molecule has 2 aromatic rings. The summed E-state index contributed by atoms with van der Waals surface area (Å²) in [7, 11) is 1.48. The summed E-state index contributed by atoms with van der Waals surface area (Å²) in [6.07, 6.45) is 4.37. The summed E-state index contributed by atoms with van der Waals surface area (Å²) < 4.78 is 22.6. The molecule has 3 rings (SSSR count). The van der Waals surface area contributed by atoms with E-state index >= 15 is 0 Å². The molecular weight excluding hydrogens is 512 g/mol. The molecule has 216 valence electrons. The Labute approximate surface area is 236 Å². The van der Waals surface area contributed by atoms with Gasteiger partial charge in [-0.05, 0) is 43.9 Å². The SMILES string of the molecule is C=C(C)OC(=O)Nc1cc(OCc2ccccc2)c(OC)cc1C(=O)N1C=C(C(C)OCCCCC)C[C@H]1CO. The summed E-state index contributed by atoms with van der Waals surface area (Å²) in [6, 6.07) is 12.2. The molecule has 2 atom stereocenters. The van der Waals surface area contributed by atoms with Gasteiger partial charge in [-0.2, -0.15) is 0 Å². The Hall–Kier alpha value is -3.82. The molecule has 1 heterocycles. The van der Waals surface area contributed by atoms with E-state index in [1.54, 1.807) is 13.1 Å². The van der Waals surface area contributed by atoms with E-state index in [0.717, 1.165) is 30.4 Å². The van der Waals surface area contributed by atoms with Gasteiger partial charge in [-0.3, -0.25) is 10.1 Å². The van der Waals surface area contributed by atoms with Crippen molar-refractivity contribution in [2.24, 2.45) is 0 Å². The lowest BCUT2D eigenvalue weighted by atomic mass is 10.1. The fourth-order valence-corrected chi connectivity index (χ4v) is 4.36.